The highest BCUT2D eigenvalue weighted by Gasteiger charge is 2.07. The van der Waals surface area contributed by atoms with Crippen molar-refractivity contribution in [2.24, 2.45) is 0 Å². The van der Waals surface area contributed by atoms with E-state index in [2.05, 4.69) is 5.32 Å². The topological polar surface area (TPSA) is 25.2 Å². The van der Waals surface area contributed by atoms with E-state index in [1.165, 1.54) is 12.1 Å². The van der Waals surface area contributed by atoms with Gasteiger partial charge in [-0.25, -0.2) is 8.78 Å². The number of hydrogen-bond donors (Lipinski definition) is 1. The van der Waals surface area contributed by atoms with E-state index in [1.807, 2.05) is 22.6 Å². The van der Waals surface area contributed by atoms with Crippen LogP contribution in [-0.2, 0) is 6.54 Å². The maximum Gasteiger partial charge on any atom is 0.181 e. The Kier molecular flexibility index (Phi) is 3.42. The molecule has 2 rings (SSSR count). The molecule has 1 aromatic carbocycles. The van der Waals surface area contributed by atoms with Crippen molar-refractivity contribution in [3.8, 4) is 0 Å². The first-order valence-corrected chi connectivity index (χ1v) is 5.67. The molecule has 1 heterocycles. The van der Waals surface area contributed by atoms with Crippen LogP contribution in [0.3, 0.4) is 0 Å². The molecule has 0 saturated heterocycles. The van der Waals surface area contributed by atoms with Crippen molar-refractivity contribution in [2.45, 2.75) is 6.54 Å². The molecule has 0 aliphatic rings. The lowest BCUT2D eigenvalue weighted by atomic mass is 10.3. The minimum Gasteiger partial charge on any atom is -0.454 e. The third kappa shape index (κ3) is 2.52. The van der Waals surface area contributed by atoms with Gasteiger partial charge in [0.1, 0.15) is 5.76 Å². The highest BCUT2D eigenvalue weighted by atomic mass is 127. The van der Waals surface area contributed by atoms with Crippen LogP contribution in [0.25, 0.3) is 0 Å². The summed E-state index contributed by atoms with van der Waals surface area (Å²) in [6.45, 7) is 0.323. The molecule has 0 fully saturated rings. The molecule has 1 aromatic heterocycles. The standard InChI is InChI=1S/C11H8F2INO/c12-8-2-1-3-9(11(8)13)15-6-7-4-5-10(14)16-7/h1-5,15H,6H2. The number of rotatable bonds is 3. The van der Waals surface area contributed by atoms with Crippen LogP contribution in [0.4, 0.5) is 14.5 Å². The van der Waals surface area contributed by atoms with Crippen LogP contribution in [-0.4, -0.2) is 0 Å². The van der Waals surface area contributed by atoms with Crippen molar-refractivity contribution < 1.29 is 13.2 Å². The van der Waals surface area contributed by atoms with Gasteiger partial charge in [-0.2, -0.15) is 0 Å². The minimum atomic E-state index is -0.872. The van der Waals surface area contributed by atoms with Crippen LogP contribution in [0.15, 0.2) is 34.7 Å². The molecule has 1 N–H and O–H groups in total. The van der Waals surface area contributed by atoms with E-state index < -0.39 is 11.6 Å². The lowest BCUT2D eigenvalue weighted by Crippen LogP contribution is -2.01. The van der Waals surface area contributed by atoms with Crippen molar-refractivity contribution in [1.29, 1.82) is 0 Å². The molecule has 0 bridgehead atoms. The third-order valence-electron chi connectivity index (χ3n) is 2.03. The summed E-state index contributed by atoms with van der Waals surface area (Å²) in [5.74, 6) is -1.06. The summed E-state index contributed by atoms with van der Waals surface area (Å²) < 4.78 is 32.2. The monoisotopic (exact) mass is 335 g/mol. The van der Waals surface area contributed by atoms with Crippen LogP contribution >= 0.6 is 22.6 Å². The Morgan fingerprint density at radius 2 is 2.00 bits per heavy atom. The lowest BCUT2D eigenvalue weighted by Gasteiger charge is -2.05. The minimum absolute atomic E-state index is 0.131. The second kappa shape index (κ2) is 4.82. The first kappa shape index (κ1) is 11.4. The van der Waals surface area contributed by atoms with Gasteiger partial charge in [-0.15, -0.1) is 0 Å². The number of furan rings is 1. The van der Waals surface area contributed by atoms with Gasteiger partial charge in [0.2, 0.25) is 0 Å². The summed E-state index contributed by atoms with van der Waals surface area (Å²) in [4.78, 5) is 0. The van der Waals surface area contributed by atoms with Gasteiger partial charge in [-0.1, -0.05) is 6.07 Å². The number of nitrogens with one attached hydrogen (secondary N) is 1. The smallest absolute Gasteiger partial charge is 0.181 e. The SMILES string of the molecule is Fc1cccc(NCc2ccc(I)o2)c1F. The Labute approximate surface area is 105 Å². The van der Waals surface area contributed by atoms with Crippen molar-refractivity contribution in [3.05, 3.63) is 51.5 Å². The molecule has 0 unspecified atom stereocenters. The molecule has 0 aliphatic carbocycles. The molecule has 0 saturated carbocycles. The lowest BCUT2D eigenvalue weighted by molar-refractivity contribution is 0.489. The number of hydrogen-bond acceptors (Lipinski definition) is 2. The zero-order chi connectivity index (χ0) is 11.5. The second-order valence-corrected chi connectivity index (χ2v) is 4.22. The van der Waals surface area contributed by atoms with E-state index in [4.69, 9.17) is 4.42 Å². The molecule has 2 aromatic rings. The van der Waals surface area contributed by atoms with Gasteiger partial charge >= 0.3 is 0 Å². The summed E-state index contributed by atoms with van der Waals surface area (Å²) in [5, 5.41) is 2.77. The predicted octanol–water partition coefficient (Wildman–Crippen LogP) is 3.77. The number of benzene rings is 1. The van der Waals surface area contributed by atoms with Gasteiger partial charge in [0.05, 0.1) is 12.2 Å². The zero-order valence-electron chi connectivity index (χ0n) is 8.14. The van der Waals surface area contributed by atoms with Gasteiger partial charge in [-0.3, -0.25) is 0 Å². The van der Waals surface area contributed by atoms with Gasteiger partial charge in [-0.05, 0) is 46.9 Å². The van der Waals surface area contributed by atoms with E-state index in [1.54, 1.807) is 12.1 Å². The predicted molar refractivity (Wildman–Crippen MR) is 65.1 cm³/mol. The molecule has 0 spiro atoms. The summed E-state index contributed by atoms with van der Waals surface area (Å²) >= 11 is 2.04. The highest BCUT2D eigenvalue weighted by Crippen LogP contribution is 2.18. The van der Waals surface area contributed by atoms with Gasteiger partial charge < -0.3 is 9.73 Å². The summed E-state index contributed by atoms with van der Waals surface area (Å²) in [6.07, 6.45) is 0. The van der Waals surface area contributed by atoms with Crippen LogP contribution in [0.1, 0.15) is 5.76 Å². The molecule has 84 valence electrons. The Morgan fingerprint density at radius 3 is 2.69 bits per heavy atom. The van der Waals surface area contributed by atoms with Crippen molar-refractivity contribution in [2.75, 3.05) is 5.32 Å². The molecule has 2 nitrogen and oxygen atoms in total. The van der Waals surface area contributed by atoms with Gasteiger partial charge in [0.25, 0.3) is 0 Å². The fourth-order valence-electron chi connectivity index (χ4n) is 1.27. The van der Waals surface area contributed by atoms with Gasteiger partial charge in [0.15, 0.2) is 15.4 Å². The molecule has 5 heteroatoms. The Hall–Kier alpha value is -1.11. The van der Waals surface area contributed by atoms with E-state index in [9.17, 15) is 8.78 Å². The Balaban J connectivity index is 2.07. The quantitative estimate of drug-likeness (QED) is 0.864. The fourth-order valence-corrected chi connectivity index (χ4v) is 1.73. The van der Waals surface area contributed by atoms with Crippen LogP contribution < -0.4 is 5.32 Å². The van der Waals surface area contributed by atoms with Crippen molar-refractivity contribution in [3.63, 3.8) is 0 Å². The Bertz CT molecular complexity index is 498. The van der Waals surface area contributed by atoms with E-state index in [0.29, 0.717) is 12.3 Å². The molecule has 0 amide bonds. The number of halogens is 3. The van der Waals surface area contributed by atoms with Crippen molar-refractivity contribution in [1.82, 2.24) is 0 Å². The Morgan fingerprint density at radius 1 is 1.19 bits per heavy atom. The zero-order valence-corrected chi connectivity index (χ0v) is 10.3. The molecular formula is C11H8F2INO. The van der Waals surface area contributed by atoms with E-state index in [0.717, 1.165) is 9.83 Å². The maximum atomic E-state index is 13.2. The third-order valence-corrected chi connectivity index (χ3v) is 2.61. The van der Waals surface area contributed by atoms with Gasteiger partial charge in [0, 0.05) is 0 Å². The average Bonchev–Trinajstić information content (AvgIpc) is 2.67. The summed E-state index contributed by atoms with van der Waals surface area (Å²) in [6, 6.07) is 7.60. The maximum absolute atomic E-state index is 13.2. The molecular weight excluding hydrogens is 327 g/mol. The van der Waals surface area contributed by atoms with Crippen LogP contribution in [0, 0.1) is 15.4 Å². The molecule has 16 heavy (non-hydrogen) atoms. The first-order chi connectivity index (χ1) is 7.66. The first-order valence-electron chi connectivity index (χ1n) is 4.59. The van der Waals surface area contributed by atoms with E-state index in [-0.39, 0.29) is 5.69 Å². The average molecular weight is 335 g/mol. The van der Waals surface area contributed by atoms with Crippen LogP contribution in [0.2, 0.25) is 0 Å². The fraction of sp³-hybridized carbons (Fsp3) is 0.0909. The number of anilines is 1. The van der Waals surface area contributed by atoms with Crippen LogP contribution in [0.5, 0.6) is 0 Å². The second-order valence-electron chi connectivity index (χ2n) is 3.16. The molecule has 0 radical (unpaired) electrons. The normalized spacial score (nSPS) is 10.4. The van der Waals surface area contributed by atoms with E-state index >= 15 is 0 Å². The summed E-state index contributed by atoms with van der Waals surface area (Å²) in [7, 11) is 0. The summed E-state index contributed by atoms with van der Waals surface area (Å²) in [5.41, 5.74) is 0.131. The van der Waals surface area contributed by atoms with Crippen molar-refractivity contribution >= 4 is 28.3 Å². The largest absolute Gasteiger partial charge is 0.454 e. The molecule has 0 atom stereocenters. The molecule has 0 aliphatic heterocycles. The highest BCUT2D eigenvalue weighted by molar-refractivity contribution is 14.1.